The molecule has 0 saturated heterocycles. The Labute approximate surface area is 108 Å². The van der Waals surface area contributed by atoms with Crippen LogP contribution in [0.25, 0.3) is 0 Å². The quantitative estimate of drug-likeness (QED) is 0.880. The van der Waals surface area contributed by atoms with Crippen LogP contribution >= 0.6 is 0 Å². The average molecular weight is 245 g/mol. The van der Waals surface area contributed by atoms with Crippen LogP contribution in [0.3, 0.4) is 0 Å². The Morgan fingerprint density at radius 3 is 2.78 bits per heavy atom. The van der Waals surface area contributed by atoms with E-state index in [0.717, 1.165) is 23.7 Å². The molecule has 0 aliphatic rings. The van der Waals surface area contributed by atoms with Crippen molar-refractivity contribution in [1.82, 2.24) is 9.78 Å². The highest BCUT2D eigenvalue weighted by molar-refractivity contribution is 5.56. The lowest BCUT2D eigenvalue weighted by atomic mass is 10.2. The Bertz CT molecular complexity index is 520. The molecule has 0 aliphatic carbocycles. The molecule has 0 fully saturated rings. The molecule has 18 heavy (non-hydrogen) atoms. The van der Waals surface area contributed by atoms with Gasteiger partial charge in [0.05, 0.1) is 18.0 Å². The second-order valence-electron chi connectivity index (χ2n) is 4.20. The van der Waals surface area contributed by atoms with Gasteiger partial charge in [-0.25, -0.2) is 0 Å². The van der Waals surface area contributed by atoms with Crippen LogP contribution in [0, 0.1) is 6.92 Å². The van der Waals surface area contributed by atoms with Gasteiger partial charge in [0, 0.05) is 25.4 Å². The molecule has 1 aromatic heterocycles. The van der Waals surface area contributed by atoms with Crippen LogP contribution in [0.15, 0.2) is 30.5 Å². The lowest BCUT2D eigenvalue weighted by Gasteiger charge is -2.11. The van der Waals surface area contributed by atoms with E-state index in [0.29, 0.717) is 6.61 Å². The average Bonchev–Trinajstić information content (AvgIpc) is 2.67. The standard InChI is InChI=1S/C14H19N3O/c1-4-18-14-8-6-5-7-13(14)15-9-12-10-17(3)16-11(12)2/h5-8,10,15H,4,9H2,1-3H3. The first kappa shape index (κ1) is 12.5. The smallest absolute Gasteiger partial charge is 0.142 e. The number of nitrogens with zero attached hydrogens (tertiary/aromatic N) is 2. The third-order valence-corrected chi connectivity index (χ3v) is 2.77. The van der Waals surface area contributed by atoms with Crippen LogP contribution in [-0.2, 0) is 13.6 Å². The lowest BCUT2D eigenvalue weighted by Crippen LogP contribution is -2.02. The van der Waals surface area contributed by atoms with Gasteiger partial charge in [0.2, 0.25) is 0 Å². The van der Waals surface area contributed by atoms with Crippen molar-refractivity contribution in [2.75, 3.05) is 11.9 Å². The number of hydrogen-bond acceptors (Lipinski definition) is 3. The number of benzene rings is 1. The number of hydrogen-bond donors (Lipinski definition) is 1. The van der Waals surface area contributed by atoms with E-state index in [-0.39, 0.29) is 0 Å². The fraction of sp³-hybridized carbons (Fsp3) is 0.357. The molecule has 0 atom stereocenters. The molecule has 0 radical (unpaired) electrons. The normalized spacial score (nSPS) is 10.4. The predicted octanol–water partition coefficient (Wildman–Crippen LogP) is 2.74. The van der Waals surface area contributed by atoms with E-state index >= 15 is 0 Å². The highest BCUT2D eigenvalue weighted by Gasteiger charge is 2.05. The molecule has 0 spiro atoms. The van der Waals surface area contributed by atoms with Crippen molar-refractivity contribution in [3.05, 3.63) is 41.7 Å². The Morgan fingerprint density at radius 2 is 2.11 bits per heavy atom. The summed E-state index contributed by atoms with van der Waals surface area (Å²) in [6, 6.07) is 7.98. The molecule has 2 rings (SSSR count). The summed E-state index contributed by atoms with van der Waals surface area (Å²) >= 11 is 0. The molecule has 0 bridgehead atoms. The SMILES string of the molecule is CCOc1ccccc1NCc1cn(C)nc1C. The molecule has 4 heteroatoms. The zero-order valence-electron chi connectivity index (χ0n) is 11.1. The number of ether oxygens (including phenoxy) is 1. The van der Waals surface area contributed by atoms with E-state index < -0.39 is 0 Å². The van der Waals surface area contributed by atoms with Gasteiger partial charge in [-0.2, -0.15) is 5.10 Å². The number of aromatic nitrogens is 2. The molecule has 0 unspecified atom stereocenters. The first-order valence-corrected chi connectivity index (χ1v) is 6.15. The van der Waals surface area contributed by atoms with Gasteiger partial charge < -0.3 is 10.1 Å². The molecule has 0 aliphatic heterocycles. The van der Waals surface area contributed by atoms with Gasteiger partial charge in [0.1, 0.15) is 5.75 Å². The Balaban J connectivity index is 2.08. The number of nitrogens with one attached hydrogen (secondary N) is 1. The van der Waals surface area contributed by atoms with Gasteiger partial charge in [-0.1, -0.05) is 12.1 Å². The zero-order chi connectivity index (χ0) is 13.0. The van der Waals surface area contributed by atoms with E-state index in [1.54, 1.807) is 0 Å². The van der Waals surface area contributed by atoms with Crippen LogP contribution in [0.4, 0.5) is 5.69 Å². The number of para-hydroxylation sites is 2. The summed E-state index contributed by atoms with van der Waals surface area (Å²) in [6.45, 7) is 5.43. The molecule has 96 valence electrons. The van der Waals surface area contributed by atoms with Crippen LogP contribution in [0.1, 0.15) is 18.2 Å². The molecular weight excluding hydrogens is 226 g/mol. The van der Waals surface area contributed by atoms with E-state index in [4.69, 9.17) is 4.74 Å². The maximum Gasteiger partial charge on any atom is 0.142 e. The first-order chi connectivity index (χ1) is 8.70. The minimum Gasteiger partial charge on any atom is -0.492 e. The van der Waals surface area contributed by atoms with E-state index in [1.807, 2.05) is 56.0 Å². The van der Waals surface area contributed by atoms with Crippen molar-refractivity contribution in [2.24, 2.45) is 7.05 Å². The van der Waals surface area contributed by atoms with Crippen molar-refractivity contribution in [3.63, 3.8) is 0 Å². The summed E-state index contributed by atoms with van der Waals surface area (Å²) in [4.78, 5) is 0. The summed E-state index contributed by atoms with van der Waals surface area (Å²) in [5.41, 5.74) is 3.27. The molecule has 0 saturated carbocycles. The topological polar surface area (TPSA) is 39.1 Å². The van der Waals surface area contributed by atoms with E-state index in [2.05, 4.69) is 10.4 Å². The number of aryl methyl sites for hydroxylation is 2. The zero-order valence-corrected chi connectivity index (χ0v) is 11.1. The fourth-order valence-electron chi connectivity index (χ4n) is 1.91. The van der Waals surface area contributed by atoms with Crippen LogP contribution in [-0.4, -0.2) is 16.4 Å². The number of rotatable bonds is 5. The maximum atomic E-state index is 5.58. The van der Waals surface area contributed by atoms with Crippen LogP contribution in [0.5, 0.6) is 5.75 Å². The Kier molecular flexibility index (Phi) is 3.87. The highest BCUT2D eigenvalue weighted by atomic mass is 16.5. The molecule has 0 amide bonds. The summed E-state index contributed by atoms with van der Waals surface area (Å²) in [7, 11) is 1.94. The van der Waals surface area contributed by atoms with Crippen molar-refractivity contribution >= 4 is 5.69 Å². The Hall–Kier alpha value is -1.97. The molecule has 1 aromatic carbocycles. The highest BCUT2D eigenvalue weighted by Crippen LogP contribution is 2.24. The minimum atomic E-state index is 0.671. The molecular formula is C14H19N3O. The summed E-state index contributed by atoms with van der Waals surface area (Å²) in [6.07, 6.45) is 2.03. The van der Waals surface area contributed by atoms with Gasteiger partial charge in [-0.15, -0.1) is 0 Å². The van der Waals surface area contributed by atoms with Crippen molar-refractivity contribution in [3.8, 4) is 5.75 Å². The first-order valence-electron chi connectivity index (χ1n) is 6.15. The molecule has 2 aromatic rings. The monoisotopic (exact) mass is 245 g/mol. The van der Waals surface area contributed by atoms with Crippen LogP contribution in [0.2, 0.25) is 0 Å². The third kappa shape index (κ3) is 2.83. The van der Waals surface area contributed by atoms with E-state index in [1.165, 1.54) is 5.56 Å². The predicted molar refractivity (Wildman–Crippen MR) is 72.9 cm³/mol. The second kappa shape index (κ2) is 5.58. The van der Waals surface area contributed by atoms with Gasteiger partial charge >= 0.3 is 0 Å². The minimum absolute atomic E-state index is 0.671. The number of anilines is 1. The van der Waals surface area contributed by atoms with Crippen molar-refractivity contribution in [1.29, 1.82) is 0 Å². The van der Waals surface area contributed by atoms with Crippen molar-refractivity contribution < 1.29 is 4.74 Å². The third-order valence-electron chi connectivity index (χ3n) is 2.77. The molecule has 1 heterocycles. The van der Waals surface area contributed by atoms with Gasteiger partial charge in [0.15, 0.2) is 0 Å². The summed E-state index contributed by atoms with van der Waals surface area (Å²) < 4.78 is 7.41. The Morgan fingerprint density at radius 1 is 1.33 bits per heavy atom. The van der Waals surface area contributed by atoms with Gasteiger partial charge in [0.25, 0.3) is 0 Å². The fourth-order valence-corrected chi connectivity index (χ4v) is 1.91. The largest absolute Gasteiger partial charge is 0.492 e. The van der Waals surface area contributed by atoms with E-state index in [9.17, 15) is 0 Å². The summed E-state index contributed by atoms with van der Waals surface area (Å²) in [5.74, 6) is 0.890. The van der Waals surface area contributed by atoms with Gasteiger partial charge in [-0.3, -0.25) is 4.68 Å². The van der Waals surface area contributed by atoms with Crippen molar-refractivity contribution in [2.45, 2.75) is 20.4 Å². The van der Waals surface area contributed by atoms with Crippen LogP contribution < -0.4 is 10.1 Å². The van der Waals surface area contributed by atoms with Gasteiger partial charge in [-0.05, 0) is 26.0 Å². The maximum absolute atomic E-state index is 5.58. The summed E-state index contributed by atoms with van der Waals surface area (Å²) in [5, 5.41) is 7.72. The second-order valence-corrected chi connectivity index (χ2v) is 4.20. The lowest BCUT2D eigenvalue weighted by molar-refractivity contribution is 0.341. The molecule has 1 N–H and O–H groups in total. The molecule has 4 nitrogen and oxygen atoms in total.